The predicted molar refractivity (Wildman–Crippen MR) is 139 cm³/mol. The first kappa shape index (κ1) is 23.4. The minimum Gasteiger partial charge on any atom is -0.493 e. The molecule has 0 N–H and O–H groups in total. The lowest BCUT2D eigenvalue weighted by Crippen LogP contribution is -2.04. The summed E-state index contributed by atoms with van der Waals surface area (Å²) in [6.07, 6.45) is 1.86. The molecule has 3 heterocycles. The van der Waals surface area contributed by atoms with Crippen molar-refractivity contribution in [2.75, 3.05) is 13.4 Å². The second-order valence-corrected chi connectivity index (χ2v) is 10.2. The van der Waals surface area contributed by atoms with Crippen LogP contribution >= 0.6 is 23.1 Å². The second-order valence-electron chi connectivity index (χ2n) is 8.44. The molecule has 0 radical (unpaired) electrons. The van der Waals surface area contributed by atoms with Crippen molar-refractivity contribution in [2.45, 2.75) is 31.3 Å². The fourth-order valence-electron chi connectivity index (χ4n) is 3.54. The zero-order valence-electron chi connectivity index (χ0n) is 19.6. The Labute approximate surface area is 212 Å². The van der Waals surface area contributed by atoms with Crippen LogP contribution < -0.4 is 14.2 Å². The Balaban J connectivity index is 1.28. The van der Waals surface area contributed by atoms with Gasteiger partial charge in [0, 0.05) is 28.8 Å². The molecular formula is C26H26N4O3S2. The van der Waals surface area contributed by atoms with E-state index >= 15 is 0 Å². The van der Waals surface area contributed by atoms with Crippen LogP contribution in [0.2, 0.25) is 0 Å². The first-order valence-corrected chi connectivity index (χ1v) is 13.2. The van der Waals surface area contributed by atoms with E-state index in [2.05, 4.69) is 40.6 Å². The van der Waals surface area contributed by atoms with E-state index in [0.717, 1.165) is 50.1 Å². The van der Waals surface area contributed by atoms with Gasteiger partial charge in [-0.05, 0) is 48.4 Å². The normalized spacial score (nSPS) is 12.3. The first-order chi connectivity index (χ1) is 17.1. The van der Waals surface area contributed by atoms with Crippen LogP contribution in [-0.2, 0) is 12.3 Å². The maximum Gasteiger partial charge on any atom is 0.231 e. The number of fused-ring (bicyclic) bond motifs is 1. The van der Waals surface area contributed by atoms with Gasteiger partial charge in [0.15, 0.2) is 22.5 Å². The zero-order chi connectivity index (χ0) is 24.2. The Morgan fingerprint density at radius 2 is 1.91 bits per heavy atom. The second kappa shape index (κ2) is 10.5. The van der Waals surface area contributed by atoms with Crippen LogP contribution in [0.15, 0.2) is 65.7 Å². The van der Waals surface area contributed by atoms with Crippen LogP contribution in [0.4, 0.5) is 0 Å². The molecule has 1 aliphatic heterocycles. The summed E-state index contributed by atoms with van der Waals surface area (Å²) >= 11 is 3.23. The van der Waals surface area contributed by atoms with Crippen LogP contribution in [0.25, 0.3) is 22.0 Å². The van der Waals surface area contributed by atoms with Crippen molar-refractivity contribution in [1.29, 1.82) is 0 Å². The molecule has 180 valence electrons. The van der Waals surface area contributed by atoms with Crippen LogP contribution in [0.3, 0.4) is 0 Å². The number of rotatable bonds is 10. The molecule has 1 aliphatic rings. The van der Waals surface area contributed by atoms with Gasteiger partial charge in [0.05, 0.1) is 12.3 Å². The predicted octanol–water partition coefficient (Wildman–Crippen LogP) is 6.31. The van der Waals surface area contributed by atoms with Crippen molar-refractivity contribution in [3.63, 3.8) is 0 Å². The van der Waals surface area contributed by atoms with Crippen molar-refractivity contribution >= 4 is 23.1 Å². The molecule has 0 spiro atoms. The highest BCUT2D eigenvalue weighted by Crippen LogP contribution is 2.37. The Morgan fingerprint density at radius 1 is 1.11 bits per heavy atom. The van der Waals surface area contributed by atoms with Gasteiger partial charge in [-0.15, -0.1) is 28.1 Å². The summed E-state index contributed by atoms with van der Waals surface area (Å²) in [6.45, 7) is 9.76. The molecule has 5 rings (SSSR count). The van der Waals surface area contributed by atoms with Gasteiger partial charge in [-0.25, -0.2) is 4.98 Å². The fourth-order valence-corrected chi connectivity index (χ4v) is 5.30. The molecule has 0 saturated heterocycles. The number of allylic oxidation sites excluding steroid dienone is 1. The van der Waals surface area contributed by atoms with E-state index in [4.69, 9.17) is 19.2 Å². The molecule has 0 amide bonds. The van der Waals surface area contributed by atoms with Gasteiger partial charge in [0.1, 0.15) is 10.8 Å². The Bertz CT molecular complexity index is 1310. The number of hydrogen-bond donors (Lipinski definition) is 0. The zero-order valence-corrected chi connectivity index (χ0v) is 21.3. The number of nitrogens with zero attached hydrogens (tertiary/aromatic N) is 4. The van der Waals surface area contributed by atoms with Gasteiger partial charge in [-0.3, -0.25) is 4.57 Å². The first-order valence-electron chi connectivity index (χ1n) is 11.3. The molecule has 0 aliphatic carbocycles. The maximum absolute atomic E-state index is 5.80. The van der Waals surface area contributed by atoms with Gasteiger partial charge in [-0.1, -0.05) is 31.7 Å². The van der Waals surface area contributed by atoms with Crippen LogP contribution in [0.1, 0.15) is 19.5 Å². The van der Waals surface area contributed by atoms with Gasteiger partial charge in [0.25, 0.3) is 0 Å². The molecule has 0 fully saturated rings. The molecule has 0 atom stereocenters. The lowest BCUT2D eigenvalue weighted by Gasteiger charge is -2.10. The summed E-state index contributed by atoms with van der Waals surface area (Å²) in [5.41, 5.74) is 3.00. The number of hydrogen-bond acceptors (Lipinski definition) is 8. The summed E-state index contributed by atoms with van der Waals surface area (Å²) in [7, 11) is 0. The molecule has 9 heteroatoms. The average molecular weight is 507 g/mol. The summed E-state index contributed by atoms with van der Waals surface area (Å²) in [6, 6.07) is 13.9. The lowest BCUT2D eigenvalue weighted by atomic mass is 10.2. The van der Waals surface area contributed by atoms with Crippen molar-refractivity contribution < 1.29 is 14.2 Å². The van der Waals surface area contributed by atoms with Gasteiger partial charge in [-0.2, -0.15) is 0 Å². The SMILES string of the molecule is C=CCn1c(SCc2csc(-c3ccc4c(c3)OCO4)n2)nnc1-c1ccc(OCC(C)C)cc1. The minimum atomic E-state index is 0.266. The van der Waals surface area contributed by atoms with Gasteiger partial charge >= 0.3 is 0 Å². The molecule has 7 nitrogen and oxygen atoms in total. The van der Waals surface area contributed by atoms with E-state index in [0.29, 0.717) is 24.8 Å². The number of thioether (sulfide) groups is 1. The Hall–Kier alpha value is -3.30. The van der Waals surface area contributed by atoms with Crippen molar-refractivity contribution in [2.24, 2.45) is 5.92 Å². The minimum absolute atomic E-state index is 0.266. The van der Waals surface area contributed by atoms with E-state index < -0.39 is 0 Å². The summed E-state index contributed by atoms with van der Waals surface area (Å²) in [5.74, 6) is 4.37. The highest BCUT2D eigenvalue weighted by atomic mass is 32.2. The molecule has 35 heavy (non-hydrogen) atoms. The summed E-state index contributed by atoms with van der Waals surface area (Å²) < 4.78 is 18.8. The van der Waals surface area contributed by atoms with E-state index in [9.17, 15) is 0 Å². The quantitative estimate of drug-likeness (QED) is 0.184. The number of benzene rings is 2. The van der Waals surface area contributed by atoms with Crippen LogP contribution in [0.5, 0.6) is 17.2 Å². The highest BCUT2D eigenvalue weighted by molar-refractivity contribution is 7.98. The fraction of sp³-hybridized carbons (Fsp3) is 0.269. The Morgan fingerprint density at radius 3 is 2.71 bits per heavy atom. The third kappa shape index (κ3) is 5.36. The van der Waals surface area contributed by atoms with Gasteiger partial charge < -0.3 is 14.2 Å². The number of ether oxygens (including phenoxy) is 3. The van der Waals surface area contributed by atoms with E-state index in [1.165, 1.54) is 0 Å². The molecule has 0 bridgehead atoms. The molecular weight excluding hydrogens is 480 g/mol. The Kier molecular flexibility index (Phi) is 7.06. The van der Waals surface area contributed by atoms with Crippen molar-refractivity contribution in [3.8, 4) is 39.2 Å². The smallest absolute Gasteiger partial charge is 0.231 e. The monoisotopic (exact) mass is 506 g/mol. The summed E-state index contributed by atoms with van der Waals surface area (Å²) in [4.78, 5) is 4.81. The third-order valence-corrected chi connectivity index (χ3v) is 7.19. The number of aromatic nitrogens is 4. The summed E-state index contributed by atoms with van der Waals surface area (Å²) in [5, 5.41) is 12.8. The molecule has 4 aromatic rings. The molecule has 2 aromatic heterocycles. The largest absolute Gasteiger partial charge is 0.493 e. The average Bonchev–Trinajstić information content (AvgIpc) is 3.61. The van der Waals surface area contributed by atoms with Crippen LogP contribution in [0, 0.1) is 5.92 Å². The van der Waals surface area contributed by atoms with E-state index in [1.54, 1.807) is 23.1 Å². The van der Waals surface area contributed by atoms with Gasteiger partial charge in [0.2, 0.25) is 6.79 Å². The molecule has 2 aromatic carbocycles. The van der Waals surface area contributed by atoms with Crippen LogP contribution in [-0.4, -0.2) is 33.1 Å². The third-order valence-electron chi connectivity index (χ3n) is 5.24. The lowest BCUT2D eigenvalue weighted by molar-refractivity contribution is 0.174. The standard InChI is InChI=1S/C26H26N4O3S2/c1-4-11-30-24(18-5-8-21(9-6-18)31-13-17(2)3)28-29-26(30)35-15-20-14-34-25(27-20)19-7-10-22-23(12-19)33-16-32-22/h4-10,12,14,17H,1,11,13,15-16H2,2-3H3. The van der Waals surface area contributed by atoms with Crippen molar-refractivity contribution in [1.82, 2.24) is 19.7 Å². The van der Waals surface area contributed by atoms with Crippen molar-refractivity contribution in [3.05, 3.63) is 66.2 Å². The van der Waals surface area contributed by atoms with E-state index in [-0.39, 0.29) is 6.79 Å². The number of thiazole rings is 1. The van der Waals surface area contributed by atoms with E-state index in [1.807, 2.05) is 48.5 Å². The topological polar surface area (TPSA) is 71.3 Å². The maximum atomic E-state index is 5.80. The highest BCUT2D eigenvalue weighted by Gasteiger charge is 2.17. The molecule has 0 saturated carbocycles. The molecule has 0 unspecified atom stereocenters.